The monoisotopic (exact) mass is 1270 g/mol. The van der Waals surface area contributed by atoms with Crippen LogP contribution in [-0.4, -0.2) is 48.6 Å². The third-order valence-corrected chi connectivity index (χ3v) is 19.3. The zero-order valence-electron chi connectivity index (χ0n) is 55.5. The number of hydrogen-bond donors (Lipinski definition) is 0. The lowest BCUT2D eigenvalue weighted by atomic mass is 9.90. The highest BCUT2D eigenvalue weighted by molar-refractivity contribution is 6.15. The van der Waals surface area contributed by atoms with Crippen molar-refractivity contribution in [3.63, 3.8) is 0 Å². The van der Waals surface area contributed by atoms with Gasteiger partial charge in [-0.05, 0) is 138 Å². The Labute approximate surface area is 572 Å². The number of rotatable bonds is 11. The van der Waals surface area contributed by atoms with E-state index in [2.05, 4.69) is 237 Å². The van der Waals surface area contributed by atoms with Crippen molar-refractivity contribution in [2.75, 3.05) is 0 Å². The number of benzene rings is 12. The van der Waals surface area contributed by atoms with Crippen LogP contribution in [0.2, 0.25) is 0 Å². The molecule has 0 aliphatic carbocycles. The fourth-order valence-electron chi connectivity index (χ4n) is 14.6. The summed E-state index contributed by atoms with van der Waals surface area (Å²) in [6.07, 6.45) is 0. The molecule has 0 atom stereocenters. The van der Waals surface area contributed by atoms with Crippen molar-refractivity contribution in [1.82, 2.24) is 48.6 Å². The molecule has 0 aliphatic heterocycles. The van der Waals surface area contributed by atoms with Gasteiger partial charge in [-0.25, -0.2) is 34.9 Å². The van der Waals surface area contributed by atoms with E-state index in [1.807, 2.05) is 97.1 Å². The molecule has 0 N–H and O–H groups in total. The van der Waals surface area contributed by atoms with E-state index in [9.17, 15) is 0 Å². The van der Waals surface area contributed by atoms with Crippen molar-refractivity contribution in [2.24, 2.45) is 0 Å². The molecule has 0 radical (unpaired) electrons. The Morgan fingerprint density at radius 2 is 0.485 bits per heavy atom. The molecular formula is C89H64N10. The van der Waals surface area contributed by atoms with Gasteiger partial charge in [0.25, 0.3) is 0 Å². The average molecular weight is 1270 g/mol. The Morgan fingerprint density at radius 3 is 0.818 bits per heavy atom. The van der Waals surface area contributed by atoms with E-state index in [0.29, 0.717) is 46.1 Å². The Balaban J connectivity index is 1.08. The van der Waals surface area contributed by atoms with Crippen molar-refractivity contribution in [1.29, 1.82) is 0 Å². The third-order valence-electron chi connectivity index (χ3n) is 19.3. The standard InChI is InChI=1S/C89H64N10/c1-53-32-40-73-66(46-53)67-47-54(2)33-41-74(67)97(73)81-79(80(59-22-12-7-13-23-59)88(98-75-42-34-55(3)48-68(75)69-49-56(4)35-43-76(69)98)96-89(81)99-77-44-36-57(5)50-70(77)71-51-58(6)37-45-78(71)99)64-38-39-65(86-92-82(60-24-14-8-15-25-60)90-83(93-86)61-26-16-9-17-27-61)72(52-64)87-94-84(62-28-18-10-19-29-62)91-85(95-87)63-30-20-11-21-31-63/h7-52H,1-6H3. The topological polar surface area (TPSA) is 105 Å². The van der Waals surface area contributed by atoms with Gasteiger partial charge >= 0.3 is 0 Å². The van der Waals surface area contributed by atoms with Crippen molar-refractivity contribution < 1.29 is 0 Å². The molecule has 0 saturated carbocycles. The Hall–Kier alpha value is -12.8. The molecule has 0 fully saturated rings. The smallest absolute Gasteiger partial charge is 0.165 e. The first-order chi connectivity index (χ1) is 48.5. The van der Waals surface area contributed by atoms with Gasteiger partial charge in [-0.15, -0.1) is 0 Å². The number of aromatic nitrogens is 10. The molecule has 0 bridgehead atoms. The van der Waals surface area contributed by atoms with Gasteiger partial charge in [-0.2, -0.15) is 0 Å². The van der Waals surface area contributed by atoms with Crippen LogP contribution < -0.4 is 0 Å². The van der Waals surface area contributed by atoms with Gasteiger partial charge in [0.15, 0.2) is 40.8 Å². The highest BCUT2D eigenvalue weighted by Gasteiger charge is 2.33. The van der Waals surface area contributed by atoms with E-state index in [1.54, 1.807) is 0 Å². The number of hydrogen-bond acceptors (Lipinski definition) is 7. The maximum absolute atomic E-state index is 6.47. The Morgan fingerprint density at radius 1 is 0.202 bits per heavy atom. The molecule has 18 rings (SSSR count). The molecule has 18 aromatic rings. The largest absolute Gasteiger partial charge is 0.305 e. The first-order valence-corrected chi connectivity index (χ1v) is 33.6. The molecule has 0 unspecified atom stereocenters. The lowest BCUT2D eigenvalue weighted by Crippen LogP contribution is -2.13. The Bertz CT molecular complexity index is 5980. The van der Waals surface area contributed by atoms with Crippen LogP contribution in [0.15, 0.2) is 279 Å². The average Bonchev–Trinajstić information content (AvgIpc) is 1.60. The van der Waals surface area contributed by atoms with E-state index in [-0.39, 0.29) is 0 Å². The van der Waals surface area contributed by atoms with Crippen LogP contribution in [0.4, 0.5) is 0 Å². The maximum Gasteiger partial charge on any atom is 0.165 e. The molecule has 10 nitrogen and oxygen atoms in total. The highest BCUT2D eigenvalue weighted by atomic mass is 15.2. The molecule has 10 heteroatoms. The predicted molar refractivity (Wildman–Crippen MR) is 406 cm³/mol. The molecule has 0 spiro atoms. The summed E-state index contributed by atoms with van der Waals surface area (Å²) in [5, 5.41) is 6.84. The lowest BCUT2D eigenvalue weighted by Gasteiger charge is -2.26. The third kappa shape index (κ3) is 10.1. The lowest BCUT2D eigenvalue weighted by molar-refractivity contribution is 0.986. The SMILES string of the molecule is Cc1ccc2c(c1)c1cc(C)ccc1n2-c1nc(-n2c3ccc(C)cc3c3cc(C)ccc32)c(-n2c3ccc(C)cc3c3cc(C)ccc32)c(-c2ccc(-c3nc(-c4ccccc4)nc(-c4ccccc4)n3)c(-c3nc(-c4ccccc4)nc(-c4ccccc4)n3)c2)c1-c1ccccc1. The quantitative estimate of drug-likeness (QED) is 0.127. The molecular weight excluding hydrogens is 1210 g/mol. The summed E-state index contributed by atoms with van der Waals surface area (Å²) in [5.41, 5.74) is 22.5. The molecule has 470 valence electrons. The van der Waals surface area contributed by atoms with Gasteiger partial charge in [-0.3, -0.25) is 9.13 Å². The molecule has 0 amide bonds. The summed E-state index contributed by atoms with van der Waals surface area (Å²) in [7, 11) is 0. The van der Waals surface area contributed by atoms with Gasteiger partial charge in [0.05, 0.1) is 38.8 Å². The van der Waals surface area contributed by atoms with E-state index in [1.165, 1.54) is 33.4 Å². The van der Waals surface area contributed by atoms with Crippen LogP contribution in [0.5, 0.6) is 0 Å². The molecule has 99 heavy (non-hydrogen) atoms. The summed E-state index contributed by atoms with van der Waals surface area (Å²) >= 11 is 0. The fourth-order valence-corrected chi connectivity index (χ4v) is 14.6. The van der Waals surface area contributed by atoms with Crippen LogP contribution >= 0.6 is 0 Å². The number of nitrogens with zero attached hydrogens (tertiary/aromatic N) is 10. The van der Waals surface area contributed by atoms with Crippen LogP contribution in [0.3, 0.4) is 0 Å². The first kappa shape index (κ1) is 58.8. The normalized spacial score (nSPS) is 11.7. The second-order valence-corrected chi connectivity index (χ2v) is 26.2. The number of pyridine rings is 1. The highest BCUT2D eigenvalue weighted by Crippen LogP contribution is 2.51. The summed E-state index contributed by atoms with van der Waals surface area (Å²) in [6.45, 7) is 13.1. The fraction of sp³-hybridized carbons (Fsp3) is 0.0674. The van der Waals surface area contributed by atoms with Crippen LogP contribution in [0, 0.1) is 41.5 Å². The minimum absolute atomic E-state index is 0.434. The van der Waals surface area contributed by atoms with E-state index in [0.717, 1.165) is 127 Å². The van der Waals surface area contributed by atoms with Gasteiger partial charge in [0, 0.05) is 76.8 Å². The van der Waals surface area contributed by atoms with Crippen LogP contribution in [0.25, 0.3) is 173 Å². The molecule has 0 aliphatic rings. The second-order valence-electron chi connectivity index (χ2n) is 26.2. The summed E-state index contributed by atoms with van der Waals surface area (Å²) in [4.78, 5) is 39.1. The van der Waals surface area contributed by atoms with Crippen LogP contribution in [0.1, 0.15) is 33.4 Å². The zero-order valence-corrected chi connectivity index (χ0v) is 55.5. The van der Waals surface area contributed by atoms with Crippen LogP contribution in [-0.2, 0) is 0 Å². The van der Waals surface area contributed by atoms with Gasteiger partial charge in [0.1, 0.15) is 5.82 Å². The van der Waals surface area contributed by atoms with Gasteiger partial charge < -0.3 is 4.57 Å². The maximum atomic E-state index is 6.47. The van der Waals surface area contributed by atoms with E-state index < -0.39 is 0 Å². The summed E-state index contributed by atoms with van der Waals surface area (Å²) < 4.78 is 7.35. The molecule has 6 heterocycles. The molecule has 6 aromatic heterocycles. The number of fused-ring (bicyclic) bond motifs is 9. The van der Waals surface area contributed by atoms with Gasteiger partial charge in [-0.1, -0.05) is 228 Å². The summed E-state index contributed by atoms with van der Waals surface area (Å²) in [5.74, 6) is 4.47. The number of aryl methyl sites for hydroxylation is 6. The van der Waals surface area contributed by atoms with Crippen molar-refractivity contribution in [3.05, 3.63) is 312 Å². The Kier molecular flexibility index (Phi) is 14.0. The minimum Gasteiger partial charge on any atom is -0.305 e. The van der Waals surface area contributed by atoms with Crippen molar-refractivity contribution >= 4 is 65.4 Å². The van der Waals surface area contributed by atoms with E-state index >= 15 is 0 Å². The minimum atomic E-state index is 0.434. The van der Waals surface area contributed by atoms with Crippen molar-refractivity contribution in [3.8, 4) is 108 Å². The zero-order chi connectivity index (χ0) is 66.6. The van der Waals surface area contributed by atoms with Crippen molar-refractivity contribution in [2.45, 2.75) is 41.5 Å². The first-order valence-electron chi connectivity index (χ1n) is 33.6. The molecule has 12 aromatic carbocycles. The van der Waals surface area contributed by atoms with Gasteiger partial charge in [0.2, 0.25) is 0 Å². The predicted octanol–water partition coefficient (Wildman–Crippen LogP) is 21.9. The van der Waals surface area contributed by atoms with E-state index in [4.69, 9.17) is 34.9 Å². The molecule has 0 saturated heterocycles. The summed E-state index contributed by atoms with van der Waals surface area (Å²) in [6, 6.07) is 99.3. The second kappa shape index (κ2) is 23.5.